The largest absolute Gasteiger partial charge is 0.434 e. The third-order valence-corrected chi connectivity index (χ3v) is 5.89. The zero-order valence-corrected chi connectivity index (χ0v) is 16.1. The Kier molecular flexibility index (Phi) is 5.59. The molecule has 0 N–H and O–H groups in total. The Morgan fingerprint density at radius 1 is 1.33 bits per heavy atom. The van der Waals surface area contributed by atoms with Crippen LogP contribution >= 0.6 is 0 Å². The summed E-state index contributed by atoms with van der Waals surface area (Å²) in [7, 11) is 0.773. The third-order valence-electron chi connectivity index (χ3n) is 4.56. The van der Waals surface area contributed by atoms with Crippen LogP contribution in [0, 0.1) is 13.8 Å². The average molecular weight is 397 g/mol. The van der Waals surface area contributed by atoms with Crippen LogP contribution in [0.5, 0.6) is 5.75 Å². The average Bonchev–Trinajstić information content (AvgIpc) is 3.03. The van der Waals surface area contributed by atoms with Crippen LogP contribution in [-0.2, 0) is 17.8 Å². The number of ether oxygens (including phenoxy) is 1. The van der Waals surface area contributed by atoms with Crippen molar-refractivity contribution in [2.45, 2.75) is 26.5 Å². The summed E-state index contributed by atoms with van der Waals surface area (Å²) in [6, 6.07) is 2.77. The summed E-state index contributed by atoms with van der Waals surface area (Å²) in [5, 5.41) is 4.14. The molecule has 3 rings (SSSR count). The lowest BCUT2D eigenvalue weighted by atomic mass is 10.0. The number of halogens is 2. The van der Waals surface area contributed by atoms with Crippen molar-refractivity contribution in [1.82, 2.24) is 14.7 Å². The van der Waals surface area contributed by atoms with Crippen molar-refractivity contribution in [2.24, 2.45) is 7.05 Å². The Morgan fingerprint density at radius 3 is 2.56 bits per heavy atom. The maximum absolute atomic E-state index is 13.1. The van der Waals surface area contributed by atoms with E-state index in [1.165, 1.54) is 0 Å². The van der Waals surface area contributed by atoms with E-state index in [9.17, 15) is 17.8 Å². The number of carbonyl (C=O) groups excluding carboxylic acids is 1. The van der Waals surface area contributed by atoms with Crippen molar-refractivity contribution in [2.75, 3.05) is 18.1 Å². The van der Waals surface area contributed by atoms with E-state index in [-0.39, 0.29) is 17.7 Å². The van der Waals surface area contributed by atoms with Crippen LogP contribution in [0.1, 0.15) is 33.1 Å². The van der Waals surface area contributed by atoms with Gasteiger partial charge in [-0.2, -0.15) is 13.9 Å². The SMILES string of the molecule is Cc1cc(C(=O)N2CCS(=O)CC2c2cnn(C)c2)cc(C)c1OC(F)F. The molecule has 1 amide bonds. The highest BCUT2D eigenvalue weighted by Crippen LogP contribution is 2.30. The molecule has 0 aliphatic carbocycles. The first-order valence-electron chi connectivity index (χ1n) is 8.47. The maximum Gasteiger partial charge on any atom is 0.387 e. The maximum atomic E-state index is 13.1. The summed E-state index contributed by atoms with van der Waals surface area (Å²) in [5.74, 6) is 0.620. The second-order valence-corrected chi connectivity index (χ2v) is 8.21. The first-order chi connectivity index (χ1) is 12.8. The first kappa shape index (κ1) is 19.5. The van der Waals surface area contributed by atoms with Crippen LogP contribution in [0.15, 0.2) is 24.5 Å². The summed E-state index contributed by atoms with van der Waals surface area (Å²) >= 11 is 0. The van der Waals surface area contributed by atoms with Gasteiger partial charge in [-0.25, -0.2) is 0 Å². The number of carbonyl (C=O) groups is 1. The molecule has 0 radical (unpaired) electrons. The van der Waals surface area contributed by atoms with E-state index in [0.29, 0.717) is 34.7 Å². The fraction of sp³-hybridized carbons (Fsp3) is 0.444. The second-order valence-electron chi connectivity index (χ2n) is 6.59. The van der Waals surface area contributed by atoms with E-state index in [0.717, 1.165) is 5.56 Å². The molecule has 0 bridgehead atoms. The number of hydrogen-bond donors (Lipinski definition) is 0. The molecule has 1 aromatic carbocycles. The smallest absolute Gasteiger partial charge is 0.387 e. The topological polar surface area (TPSA) is 64.4 Å². The third kappa shape index (κ3) is 4.18. The number of aryl methyl sites for hydroxylation is 3. The van der Waals surface area contributed by atoms with Gasteiger partial charge in [-0.3, -0.25) is 13.7 Å². The summed E-state index contributed by atoms with van der Waals surface area (Å²) in [5.41, 5.74) is 2.16. The highest BCUT2D eigenvalue weighted by Gasteiger charge is 2.33. The highest BCUT2D eigenvalue weighted by molar-refractivity contribution is 7.85. The molecule has 1 fully saturated rings. The Morgan fingerprint density at radius 2 is 2.00 bits per heavy atom. The molecular weight excluding hydrogens is 376 g/mol. The molecule has 0 spiro atoms. The van der Waals surface area contributed by atoms with Gasteiger partial charge in [0.2, 0.25) is 0 Å². The molecule has 2 aromatic rings. The fourth-order valence-electron chi connectivity index (χ4n) is 3.35. The molecule has 1 aromatic heterocycles. The van der Waals surface area contributed by atoms with Crippen LogP contribution in [0.25, 0.3) is 0 Å². The molecule has 9 heteroatoms. The van der Waals surface area contributed by atoms with Crippen molar-refractivity contribution >= 4 is 16.7 Å². The number of nitrogens with zero attached hydrogens (tertiary/aromatic N) is 3. The van der Waals surface area contributed by atoms with E-state index < -0.39 is 17.4 Å². The van der Waals surface area contributed by atoms with Gasteiger partial charge in [0.05, 0.1) is 12.2 Å². The first-order valence-corrected chi connectivity index (χ1v) is 9.95. The summed E-state index contributed by atoms with van der Waals surface area (Å²) < 4.78 is 43.4. The minimum absolute atomic E-state index is 0.0881. The van der Waals surface area contributed by atoms with Gasteiger partial charge in [-0.05, 0) is 37.1 Å². The van der Waals surface area contributed by atoms with Crippen LogP contribution in [0.3, 0.4) is 0 Å². The molecule has 2 unspecified atom stereocenters. The predicted octanol–water partition coefficient (Wildman–Crippen LogP) is 2.58. The lowest BCUT2D eigenvalue weighted by molar-refractivity contribution is -0.0507. The van der Waals surface area contributed by atoms with E-state index in [2.05, 4.69) is 9.84 Å². The minimum atomic E-state index is -2.92. The molecule has 146 valence electrons. The summed E-state index contributed by atoms with van der Waals surface area (Å²) in [6.07, 6.45) is 3.48. The monoisotopic (exact) mass is 397 g/mol. The summed E-state index contributed by atoms with van der Waals surface area (Å²) in [6.45, 7) is 0.700. The van der Waals surface area contributed by atoms with Crippen LogP contribution < -0.4 is 4.74 Å². The Bertz CT molecular complexity index is 861. The molecule has 1 saturated heterocycles. The van der Waals surface area contributed by atoms with Gasteiger partial charge in [0.1, 0.15) is 5.75 Å². The number of hydrogen-bond acceptors (Lipinski definition) is 4. The zero-order chi connectivity index (χ0) is 19.7. The molecule has 27 heavy (non-hydrogen) atoms. The van der Waals surface area contributed by atoms with Gasteiger partial charge in [-0.15, -0.1) is 0 Å². The number of rotatable bonds is 4. The van der Waals surface area contributed by atoms with Gasteiger partial charge in [0, 0.05) is 53.2 Å². The van der Waals surface area contributed by atoms with Gasteiger partial charge in [-0.1, -0.05) is 0 Å². The predicted molar refractivity (Wildman–Crippen MR) is 97.4 cm³/mol. The number of alkyl halides is 2. The number of benzene rings is 1. The van der Waals surface area contributed by atoms with Crippen molar-refractivity contribution in [3.05, 3.63) is 46.8 Å². The second kappa shape index (κ2) is 7.75. The van der Waals surface area contributed by atoms with E-state index >= 15 is 0 Å². The van der Waals surface area contributed by atoms with E-state index in [1.54, 1.807) is 48.8 Å². The number of amides is 1. The molecule has 2 atom stereocenters. The molecule has 1 aliphatic heterocycles. The minimum Gasteiger partial charge on any atom is -0.434 e. The van der Waals surface area contributed by atoms with Crippen LogP contribution in [0.4, 0.5) is 8.78 Å². The van der Waals surface area contributed by atoms with Crippen molar-refractivity contribution in [3.63, 3.8) is 0 Å². The molecule has 0 saturated carbocycles. The van der Waals surface area contributed by atoms with Gasteiger partial charge in [0.15, 0.2) is 0 Å². The quantitative estimate of drug-likeness (QED) is 0.796. The molecular formula is C18H21F2N3O3S. The zero-order valence-electron chi connectivity index (χ0n) is 15.3. The lowest BCUT2D eigenvalue weighted by Gasteiger charge is -2.35. The standard InChI is InChI=1S/C18H21F2N3O3S/c1-11-6-13(7-12(2)16(11)26-18(19)20)17(24)23-4-5-27(25)10-15(23)14-8-21-22(3)9-14/h6-9,15,18H,4-5,10H2,1-3H3. The molecule has 1 aliphatic rings. The van der Waals surface area contributed by atoms with E-state index in [4.69, 9.17) is 0 Å². The molecule has 2 heterocycles. The Balaban J connectivity index is 1.92. The van der Waals surface area contributed by atoms with E-state index in [1.807, 2.05) is 6.20 Å². The normalized spacial score (nSPS) is 20.1. The van der Waals surface area contributed by atoms with Crippen LogP contribution in [0.2, 0.25) is 0 Å². The number of aromatic nitrogens is 2. The van der Waals surface area contributed by atoms with Gasteiger partial charge in [0.25, 0.3) is 5.91 Å². The van der Waals surface area contributed by atoms with Crippen molar-refractivity contribution in [1.29, 1.82) is 0 Å². The van der Waals surface area contributed by atoms with Crippen molar-refractivity contribution in [3.8, 4) is 5.75 Å². The van der Waals surface area contributed by atoms with Gasteiger partial charge >= 0.3 is 6.61 Å². The fourth-order valence-corrected chi connectivity index (χ4v) is 4.64. The lowest BCUT2D eigenvalue weighted by Crippen LogP contribution is -2.44. The van der Waals surface area contributed by atoms with Gasteiger partial charge < -0.3 is 9.64 Å². The highest BCUT2D eigenvalue weighted by atomic mass is 32.2. The van der Waals surface area contributed by atoms with Crippen molar-refractivity contribution < 1.29 is 22.5 Å². The van der Waals surface area contributed by atoms with Crippen LogP contribution in [-0.4, -0.2) is 49.5 Å². The summed E-state index contributed by atoms with van der Waals surface area (Å²) in [4.78, 5) is 14.8. The Hall–Kier alpha value is -2.29. The Labute approximate surface area is 158 Å². The molecule has 6 nitrogen and oxygen atoms in total.